The van der Waals surface area contributed by atoms with Gasteiger partial charge in [0.15, 0.2) is 5.82 Å². The van der Waals surface area contributed by atoms with Gasteiger partial charge in [-0.3, -0.25) is 0 Å². The van der Waals surface area contributed by atoms with E-state index in [1.165, 1.54) is 32.8 Å². The zero-order chi connectivity index (χ0) is 41.7. The van der Waals surface area contributed by atoms with Crippen LogP contribution in [0.1, 0.15) is 0 Å². The molecule has 0 atom stereocenters. The van der Waals surface area contributed by atoms with Crippen LogP contribution >= 0.6 is 0 Å². The van der Waals surface area contributed by atoms with E-state index in [1.807, 2.05) is 12.1 Å². The van der Waals surface area contributed by atoms with Crippen LogP contribution in [0.25, 0.3) is 117 Å². The number of nitrogens with zero attached hydrogens (tertiary/aromatic N) is 4. The lowest BCUT2D eigenvalue weighted by Gasteiger charge is -2.13. The molecule has 0 amide bonds. The molecule has 0 aliphatic rings. The number of hydrogen-bond donors (Lipinski definition) is 0. The van der Waals surface area contributed by atoms with Crippen LogP contribution in [0, 0.1) is 0 Å². The first-order valence-corrected chi connectivity index (χ1v) is 21.4. The topological polar surface area (TPSA) is 43.6 Å². The molecule has 0 saturated heterocycles. The number of fused-ring (bicyclic) bond motifs is 7. The van der Waals surface area contributed by atoms with Crippen LogP contribution in [0.15, 0.2) is 231 Å². The molecule has 0 aliphatic carbocycles. The summed E-state index contributed by atoms with van der Waals surface area (Å²) in [5.74, 6) is 0.697. The maximum absolute atomic E-state index is 5.33. The van der Waals surface area contributed by atoms with E-state index >= 15 is 0 Å². The van der Waals surface area contributed by atoms with Crippen molar-refractivity contribution in [3.05, 3.63) is 231 Å². The van der Waals surface area contributed by atoms with E-state index in [-0.39, 0.29) is 0 Å². The van der Waals surface area contributed by atoms with Crippen molar-refractivity contribution in [3.63, 3.8) is 0 Å². The molecule has 4 nitrogen and oxygen atoms in total. The molecule has 0 aliphatic heterocycles. The number of hydrogen-bond acceptors (Lipinski definition) is 3. The van der Waals surface area contributed by atoms with E-state index in [4.69, 9.17) is 15.0 Å². The molecule has 3 heterocycles. The molecular formula is C59H38N4. The summed E-state index contributed by atoms with van der Waals surface area (Å²) in [6, 6.07) is 81.4. The van der Waals surface area contributed by atoms with Crippen molar-refractivity contribution in [2.75, 3.05) is 0 Å². The average molecular weight is 803 g/mol. The molecular weight excluding hydrogens is 765 g/mol. The maximum Gasteiger partial charge on any atom is 0.160 e. The fraction of sp³-hybridized carbons (Fsp3) is 0. The Bertz CT molecular complexity index is 3620. The van der Waals surface area contributed by atoms with Gasteiger partial charge in [0.1, 0.15) is 0 Å². The molecule has 0 saturated carbocycles. The second-order valence-corrected chi connectivity index (χ2v) is 16.0. The Morgan fingerprint density at radius 2 is 0.762 bits per heavy atom. The van der Waals surface area contributed by atoms with E-state index in [0.29, 0.717) is 5.82 Å². The minimum atomic E-state index is 0.697. The zero-order valence-corrected chi connectivity index (χ0v) is 34.2. The van der Waals surface area contributed by atoms with E-state index in [1.54, 1.807) is 0 Å². The third-order valence-electron chi connectivity index (χ3n) is 12.2. The Labute approximate surface area is 365 Å². The van der Waals surface area contributed by atoms with Crippen LogP contribution in [-0.2, 0) is 0 Å². The highest BCUT2D eigenvalue weighted by atomic mass is 15.0. The van der Waals surface area contributed by atoms with Gasteiger partial charge in [0.2, 0.25) is 0 Å². The molecule has 4 heteroatoms. The van der Waals surface area contributed by atoms with Gasteiger partial charge in [0, 0.05) is 54.9 Å². The first-order valence-electron chi connectivity index (χ1n) is 21.4. The van der Waals surface area contributed by atoms with Crippen molar-refractivity contribution in [2.24, 2.45) is 0 Å². The standard InChI is InChI=1S/C59H38N4/c1-4-14-39(15-5-1)40-28-34-46(35-29-40)59-61-52(43-16-6-2-7-17-43)38-53(62-59)44-30-24-41(25-31-44)42-26-32-45(33-27-42)58-50-36-37-55-57(56(50)48-20-10-12-22-51(48)60-58)49-21-11-13-23-54(49)63(55)47-18-8-3-9-19-47/h1-38H. The van der Waals surface area contributed by atoms with Crippen molar-refractivity contribution in [1.29, 1.82) is 0 Å². The summed E-state index contributed by atoms with van der Waals surface area (Å²) < 4.78 is 2.38. The van der Waals surface area contributed by atoms with Gasteiger partial charge in [-0.1, -0.05) is 194 Å². The fourth-order valence-corrected chi connectivity index (χ4v) is 9.15. The first kappa shape index (κ1) is 36.4. The van der Waals surface area contributed by atoms with Gasteiger partial charge in [0.05, 0.1) is 33.6 Å². The normalized spacial score (nSPS) is 11.5. The molecule has 0 N–H and O–H groups in total. The third kappa shape index (κ3) is 6.44. The molecule has 0 fully saturated rings. The summed E-state index contributed by atoms with van der Waals surface area (Å²) in [6.45, 7) is 0. The zero-order valence-electron chi connectivity index (χ0n) is 34.2. The lowest BCUT2D eigenvalue weighted by molar-refractivity contribution is 1.18. The van der Waals surface area contributed by atoms with Crippen LogP contribution in [0.5, 0.6) is 0 Å². The summed E-state index contributed by atoms with van der Waals surface area (Å²) >= 11 is 0. The van der Waals surface area contributed by atoms with Gasteiger partial charge in [-0.2, -0.15) is 0 Å². The van der Waals surface area contributed by atoms with Crippen molar-refractivity contribution >= 4 is 43.5 Å². The van der Waals surface area contributed by atoms with Gasteiger partial charge in [-0.15, -0.1) is 0 Å². The summed E-state index contributed by atoms with van der Waals surface area (Å²) in [7, 11) is 0. The molecule has 294 valence electrons. The number of benzene rings is 9. The smallest absolute Gasteiger partial charge is 0.160 e. The Balaban J connectivity index is 0.913. The van der Waals surface area contributed by atoms with Gasteiger partial charge in [0.25, 0.3) is 0 Å². The van der Waals surface area contributed by atoms with Crippen LogP contribution < -0.4 is 0 Å². The first-order chi connectivity index (χ1) is 31.2. The Hall–Kier alpha value is -8.47. The van der Waals surface area contributed by atoms with Crippen molar-refractivity contribution in [3.8, 4) is 73.1 Å². The highest BCUT2D eigenvalue weighted by Gasteiger charge is 2.19. The lowest BCUT2D eigenvalue weighted by Crippen LogP contribution is -1.96. The predicted octanol–water partition coefficient (Wildman–Crippen LogP) is 15.3. The molecule has 0 bridgehead atoms. The SMILES string of the molecule is c1ccc(-c2ccc(-c3nc(-c4ccccc4)cc(-c4ccc(-c5ccc(-c6nc7ccccc7c7c6ccc6c7c7ccccc7n6-c6ccccc6)cc5)cc4)n3)cc2)cc1. The maximum atomic E-state index is 5.33. The minimum Gasteiger partial charge on any atom is -0.309 e. The van der Waals surface area contributed by atoms with E-state index in [0.717, 1.165) is 78.0 Å². The molecule has 0 radical (unpaired) electrons. The Morgan fingerprint density at radius 1 is 0.286 bits per heavy atom. The Morgan fingerprint density at radius 3 is 1.41 bits per heavy atom. The second kappa shape index (κ2) is 15.2. The second-order valence-electron chi connectivity index (χ2n) is 16.0. The Kier molecular flexibility index (Phi) is 8.79. The van der Waals surface area contributed by atoms with Gasteiger partial charge < -0.3 is 4.57 Å². The minimum absolute atomic E-state index is 0.697. The van der Waals surface area contributed by atoms with Crippen LogP contribution in [0.3, 0.4) is 0 Å². The highest BCUT2D eigenvalue weighted by molar-refractivity contribution is 6.29. The van der Waals surface area contributed by atoms with E-state index in [2.05, 4.69) is 223 Å². The predicted molar refractivity (Wildman–Crippen MR) is 262 cm³/mol. The molecule has 12 aromatic rings. The molecule has 12 rings (SSSR count). The molecule has 63 heavy (non-hydrogen) atoms. The van der Waals surface area contributed by atoms with Gasteiger partial charge in [-0.25, -0.2) is 15.0 Å². The van der Waals surface area contributed by atoms with Crippen molar-refractivity contribution in [2.45, 2.75) is 0 Å². The highest BCUT2D eigenvalue weighted by Crippen LogP contribution is 2.42. The van der Waals surface area contributed by atoms with Crippen LogP contribution in [-0.4, -0.2) is 19.5 Å². The number of aromatic nitrogens is 4. The fourth-order valence-electron chi connectivity index (χ4n) is 9.15. The van der Waals surface area contributed by atoms with Gasteiger partial charge in [-0.05, 0) is 58.7 Å². The number of rotatable bonds is 7. The average Bonchev–Trinajstić information content (AvgIpc) is 3.71. The summed E-state index contributed by atoms with van der Waals surface area (Å²) in [4.78, 5) is 15.5. The van der Waals surface area contributed by atoms with Crippen LogP contribution in [0.2, 0.25) is 0 Å². The van der Waals surface area contributed by atoms with E-state index in [9.17, 15) is 0 Å². The number of pyridine rings is 1. The molecule has 3 aromatic heterocycles. The molecule has 0 unspecified atom stereocenters. The van der Waals surface area contributed by atoms with Gasteiger partial charge >= 0.3 is 0 Å². The van der Waals surface area contributed by atoms with E-state index < -0.39 is 0 Å². The largest absolute Gasteiger partial charge is 0.309 e. The lowest BCUT2D eigenvalue weighted by atomic mass is 9.95. The summed E-state index contributed by atoms with van der Waals surface area (Å²) in [5.41, 5.74) is 16.0. The van der Waals surface area contributed by atoms with Crippen molar-refractivity contribution < 1.29 is 0 Å². The monoisotopic (exact) mass is 802 g/mol. The van der Waals surface area contributed by atoms with Crippen molar-refractivity contribution in [1.82, 2.24) is 19.5 Å². The molecule has 0 spiro atoms. The summed E-state index contributed by atoms with van der Waals surface area (Å²) in [5, 5.41) is 6.00. The third-order valence-corrected chi connectivity index (χ3v) is 12.2. The quantitative estimate of drug-likeness (QED) is 0.151. The number of para-hydroxylation sites is 3. The summed E-state index contributed by atoms with van der Waals surface area (Å²) in [6.07, 6.45) is 0. The molecule has 9 aromatic carbocycles. The van der Waals surface area contributed by atoms with Crippen LogP contribution in [0.4, 0.5) is 0 Å².